The van der Waals surface area contributed by atoms with Crippen LogP contribution in [0.15, 0.2) is 12.1 Å². The number of nitrogens with two attached hydrogens (primary N) is 1. The summed E-state index contributed by atoms with van der Waals surface area (Å²) >= 11 is 6.08. The van der Waals surface area contributed by atoms with Crippen LogP contribution in [0.5, 0.6) is 0 Å². The largest absolute Gasteiger partial charge is 0.324 e. The molecule has 2 N–H and O–H groups in total. The third-order valence-electron chi connectivity index (χ3n) is 2.70. The highest BCUT2D eigenvalue weighted by molar-refractivity contribution is 6.31. The average Bonchev–Trinajstić information content (AvgIpc) is 2.19. The summed E-state index contributed by atoms with van der Waals surface area (Å²) in [5, 5.41) is 9.49. The van der Waals surface area contributed by atoms with Gasteiger partial charge in [0.2, 0.25) is 0 Å². The Kier molecular flexibility index (Phi) is 2.45. The molecular weight excluding hydrogens is 196 g/mol. The molecule has 14 heavy (non-hydrogen) atoms. The molecule has 0 spiro atoms. The van der Waals surface area contributed by atoms with Crippen LogP contribution in [0, 0.1) is 11.3 Å². The maximum Gasteiger partial charge on any atom is 0.0992 e. The molecule has 1 aliphatic carbocycles. The summed E-state index contributed by atoms with van der Waals surface area (Å²) in [6, 6.07) is 5.73. The van der Waals surface area contributed by atoms with Crippen molar-refractivity contribution in [3.8, 4) is 6.07 Å². The van der Waals surface area contributed by atoms with E-state index in [0.29, 0.717) is 10.6 Å². The number of hydrogen-bond donors (Lipinski definition) is 1. The molecule has 0 radical (unpaired) electrons. The number of nitriles is 1. The Hall–Kier alpha value is -1.04. The minimum absolute atomic E-state index is 0.0459. The summed E-state index contributed by atoms with van der Waals surface area (Å²) < 4.78 is 0. The van der Waals surface area contributed by atoms with Crippen LogP contribution in [0.3, 0.4) is 0 Å². The van der Waals surface area contributed by atoms with E-state index in [0.717, 1.165) is 30.4 Å². The lowest BCUT2D eigenvalue weighted by Gasteiger charge is -2.23. The maximum atomic E-state index is 8.80. The van der Waals surface area contributed by atoms with E-state index >= 15 is 0 Å². The molecule has 72 valence electrons. The summed E-state index contributed by atoms with van der Waals surface area (Å²) in [5.41, 5.74) is 8.76. The van der Waals surface area contributed by atoms with Gasteiger partial charge in [-0.15, -0.1) is 0 Å². The van der Waals surface area contributed by atoms with Crippen LogP contribution in [0.2, 0.25) is 5.02 Å². The van der Waals surface area contributed by atoms with Crippen molar-refractivity contribution in [3.05, 3.63) is 33.8 Å². The van der Waals surface area contributed by atoms with Crippen LogP contribution >= 0.6 is 11.6 Å². The first-order valence-electron chi connectivity index (χ1n) is 4.70. The topological polar surface area (TPSA) is 49.8 Å². The quantitative estimate of drug-likeness (QED) is 0.709. The zero-order valence-corrected chi connectivity index (χ0v) is 8.51. The van der Waals surface area contributed by atoms with E-state index in [2.05, 4.69) is 6.07 Å². The van der Waals surface area contributed by atoms with Gasteiger partial charge in [-0.2, -0.15) is 5.26 Å². The predicted octanol–water partition coefficient (Wildman–Crippen LogP) is 2.55. The minimum Gasteiger partial charge on any atom is -0.324 e. The van der Waals surface area contributed by atoms with E-state index in [4.69, 9.17) is 22.6 Å². The van der Waals surface area contributed by atoms with Crippen LogP contribution in [-0.4, -0.2) is 0 Å². The Bertz CT molecular complexity index is 406. The third-order valence-corrected chi connectivity index (χ3v) is 3.04. The van der Waals surface area contributed by atoms with Crippen molar-refractivity contribution in [1.82, 2.24) is 0 Å². The van der Waals surface area contributed by atoms with Gasteiger partial charge in [-0.3, -0.25) is 0 Å². The fraction of sp³-hybridized carbons (Fsp3) is 0.364. The van der Waals surface area contributed by atoms with Crippen molar-refractivity contribution in [2.75, 3.05) is 0 Å². The first kappa shape index (κ1) is 9.51. The Morgan fingerprint density at radius 1 is 1.50 bits per heavy atom. The molecule has 1 atom stereocenters. The number of benzene rings is 1. The van der Waals surface area contributed by atoms with Gasteiger partial charge in [0, 0.05) is 11.1 Å². The number of nitrogens with zero attached hydrogens (tertiary/aromatic N) is 1. The molecule has 0 amide bonds. The molecule has 0 saturated heterocycles. The summed E-state index contributed by atoms with van der Waals surface area (Å²) in [5.74, 6) is 0. The number of fused-ring (bicyclic) bond motifs is 1. The molecule has 3 heteroatoms. The molecule has 0 fully saturated rings. The lowest BCUT2D eigenvalue weighted by Crippen LogP contribution is -2.17. The zero-order chi connectivity index (χ0) is 10.1. The molecular formula is C11H11ClN2. The molecule has 2 rings (SSSR count). The summed E-state index contributed by atoms with van der Waals surface area (Å²) in [6.45, 7) is 0. The molecule has 1 aromatic rings. The number of halogens is 1. The molecule has 0 saturated carbocycles. The standard InChI is InChI=1S/C11H11ClN2/c12-10-5-7(6-13)4-9-8(10)2-1-3-11(9)14/h4-5,11H,1-3,14H2/t11-/m0/s1. The fourth-order valence-corrected chi connectivity index (χ4v) is 2.29. The van der Waals surface area contributed by atoms with Gasteiger partial charge in [-0.1, -0.05) is 11.6 Å². The van der Waals surface area contributed by atoms with E-state index in [1.807, 2.05) is 6.07 Å². The monoisotopic (exact) mass is 206 g/mol. The summed E-state index contributed by atoms with van der Waals surface area (Å²) in [4.78, 5) is 0. The van der Waals surface area contributed by atoms with Crippen molar-refractivity contribution in [3.63, 3.8) is 0 Å². The SMILES string of the molecule is N#Cc1cc(Cl)c2c(c1)[C@@H](N)CCC2. The Labute approximate surface area is 88.3 Å². The molecule has 0 heterocycles. The first-order chi connectivity index (χ1) is 6.72. The van der Waals surface area contributed by atoms with Crippen molar-refractivity contribution in [1.29, 1.82) is 5.26 Å². The van der Waals surface area contributed by atoms with E-state index in [1.165, 1.54) is 0 Å². The molecule has 0 aromatic heterocycles. The minimum atomic E-state index is 0.0459. The Balaban J connectivity index is 2.58. The van der Waals surface area contributed by atoms with Gasteiger partial charge >= 0.3 is 0 Å². The van der Waals surface area contributed by atoms with Crippen molar-refractivity contribution < 1.29 is 0 Å². The van der Waals surface area contributed by atoms with Crippen LogP contribution in [0.1, 0.15) is 35.6 Å². The van der Waals surface area contributed by atoms with Crippen molar-refractivity contribution >= 4 is 11.6 Å². The van der Waals surface area contributed by atoms with Gasteiger partial charge in [0.25, 0.3) is 0 Å². The lowest BCUT2D eigenvalue weighted by atomic mass is 9.87. The van der Waals surface area contributed by atoms with Crippen LogP contribution in [0.25, 0.3) is 0 Å². The maximum absolute atomic E-state index is 8.80. The highest BCUT2D eigenvalue weighted by Crippen LogP contribution is 2.33. The number of rotatable bonds is 0. The van der Waals surface area contributed by atoms with E-state index in [1.54, 1.807) is 6.07 Å². The van der Waals surface area contributed by atoms with Crippen LogP contribution in [-0.2, 0) is 6.42 Å². The van der Waals surface area contributed by atoms with Gasteiger partial charge in [-0.05, 0) is 42.5 Å². The molecule has 1 aliphatic rings. The van der Waals surface area contributed by atoms with Crippen molar-refractivity contribution in [2.24, 2.45) is 5.73 Å². The fourth-order valence-electron chi connectivity index (χ4n) is 1.97. The highest BCUT2D eigenvalue weighted by atomic mass is 35.5. The van der Waals surface area contributed by atoms with E-state index < -0.39 is 0 Å². The predicted molar refractivity (Wildman–Crippen MR) is 56.0 cm³/mol. The van der Waals surface area contributed by atoms with Crippen LogP contribution in [0.4, 0.5) is 0 Å². The van der Waals surface area contributed by atoms with Gasteiger partial charge in [-0.25, -0.2) is 0 Å². The first-order valence-corrected chi connectivity index (χ1v) is 5.08. The smallest absolute Gasteiger partial charge is 0.0992 e. The molecule has 0 bridgehead atoms. The second kappa shape index (κ2) is 3.61. The molecule has 1 aromatic carbocycles. The van der Waals surface area contributed by atoms with Crippen LogP contribution < -0.4 is 5.73 Å². The third kappa shape index (κ3) is 1.50. The van der Waals surface area contributed by atoms with E-state index in [9.17, 15) is 0 Å². The summed E-state index contributed by atoms with van der Waals surface area (Å²) in [6.07, 6.45) is 3.05. The van der Waals surface area contributed by atoms with Gasteiger partial charge in [0.1, 0.15) is 0 Å². The zero-order valence-electron chi connectivity index (χ0n) is 7.76. The second-order valence-corrected chi connectivity index (χ2v) is 4.04. The van der Waals surface area contributed by atoms with E-state index in [-0.39, 0.29) is 6.04 Å². The highest BCUT2D eigenvalue weighted by Gasteiger charge is 2.19. The average molecular weight is 207 g/mol. The van der Waals surface area contributed by atoms with Crippen molar-refractivity contribution in [2.45, 2.75) is 25.3 Å². The second-order valence-electron chi connectivity index (χ2n) is 3.64. The van der Waals surface area contributed by atoms with Gasteiger partial charge in [0.05, 0.1) is 11.6 Å². The Morgan fingerprint density at radius 2 is 2.29 bits per heavy atom. The van der Waals surface area contributed by atoms with Gasteiger partial charge < -0.3 is 5.73 Å². The van der Waals surface area contributed by atoms with Gasteiger partial charge in [0.15, 0.2) is 0 Å². The molecule has 0 unspecified atom stereocenters. The Morgan fingerprint density at radius 3 is 3.00 bits per heavy atom. The molecule has 2 nitrogen and oxygen atoms in total. The summed E-state index contributed by atoms with van der Waals surface area (Å²) in [7, 11) is 0. The number of hydrogen-bond acceptors (Lipinski definition) is 2. The molecule has 0 aliphatic heterocycles. The normalized spacial score (nSPS) is 19.9. The lowest BCUT2D eigenvalue weighted by molar-refractivity contribution is 0.570.